The largest absolute Gasteiger partial charge is 0.462 e. The third-order valence-electron chi connectivity index (χ3n) is 10.3. The summed E-state index contributed by atoms with van der Waals surface area (Å²) in [5.41, 5.74) is 0. The van der Waals surface area contributed by atoms with E-state index in [0.717, 1.165) is 70.6 Å². The van der Waals surface area contributed by atoms with E-state index in [9.17, 15) is 14.4 Å². The van der Waals surface area contributed by atoms with Crippen LogP contribution in [-0.2, 0) is 28.6 Å². The van der Waals surface area contributed by atoms with Gasteiger partial charge in [-0.15, -0.1) is 0 Å². The minimum absolute atomic E-state index is 0.123. The van der Waals surface area contributed by atoms with Gasteiger partial charge in [0.1, 0.15) is 13.2 Å². The minimum Gasteiger partial charge on any atom is -0.462 e. The first-order valence-electron chi connectivity index (χ1n) is 25.2. The summed E-state index contributed by atoms with van der Waals surface area (Å²) in [6.07, 6.45) is 65.6. The molecular formula is C56H92O6. The number of rotatable bonds is 44. The van der Waals surface area contributed by atoms with Crippen molar-refractivity contribution < 1.29 is 28.6 Å². The molecule has 0 saturated heterocycles. The number of hydrogen-bond donors (Lipinski definition) is 0. The number of carbonyl (C=O) groups is 3. The Bertz CT molecular complexity index is 1260. The van der Waals surface area contributed by atoms with Crippen molar-refractivity contribution in [2.24, 2.45) is 0 Å². The number of ether oxygens (including phenoxy) is 3. The first kappa shape index (κ1) is 58.3. The highest BCUT2D eigenvalue weighted by Gasteiger charge is 2.19. The third-order valence-corrected chi connectivity index (χ3v) is 10.3. The molecule has 0 N–H and O–H groups in total. The Balaban J connectivity index is 4.55. The van der Waals surface area contributed by atoms with Crippen molar-refractivity contribution in [2.75, 3.05) is 13.2 Å². The summed E-state index contributed by atoms with van der Waals surface area (Å²) < 4.78 is 16.6. The van der Waals surface area contributed by atoms with Crippen molar-refractivity contribution >= 4 is 17.9 Å². The van der Waals surface area contributed by atoms with Gasteiger partial charge in [0.05, 0.1) is 0 Å². The average Bonchev–Trinajstić information content (AvgIpc) is 3.27. The third kappa shape index (κ3) is 47.4. The molecule has 1 unspecified atom stereocenters. The number of esters is 3. The number of allylic oxidation sites excluding steroid dienone is 16. The van der Waals surface area contributed by atoms with Gasteiger partial charge >= 0.3 is 17.9 Å². The molecule has 0 aliphatic carbocycles. The van der Waals surface area contributed by atoms with E-state index in [2.05, 4.69) is 99.8 Å². The standard InChI is InChI=1S/C56H92O6/c1-4-7-10-13-16-19-22-25-26-27-28-29-30-32-34-37-40-43-46-49-55(58)61-52-53(51-60-54(57)48-45-42-39-36-33-24-21-18-15-12-9-6-3)62-56(59)50-47-44-41-38-35-31-23-20-17-14-11-8-5-2/h7,10,16,19,25-26,28-29,31-32,34-35,40-41,43-44,53H,4-6,8-9,11-15,17-18,20-24,27,30,33,36-39,42,45-52H2,1-3H3/b10-7-,19-16-,26-25-,29-28-,34-32-,35-31-,43-40-,44-41-. The predicted molar refractivity (Wildman–Crippen MR) is 265 cm³/mol. The summed E-state index contributed by atoms with van der Waals surface area (Å²) in [6, 6.07) is 0. The van der Waals surface area contributed by atoms with Crippen LogP contribution in [0.5, 0.6) is 0 Å². The van der Waals surface area contributed by atoms with Crippen LogP contribution in [0.25, 0.3) is 0 Å². The van der Waals surface area contributed by atoms with E-state index in [-0.39, 0.29) is 38.0 Å². The van der Waals surface area contributed by atoms with Crippen LogP contribution < -0.4 is 0 Å². The average molecular weight is 861 g/mol. The van der Waals surface area contributed by atoms with E-state index < -0.39 is 12.1 Å². The topological polar surface area (TPSA) is 78.9 Å². The second kappa shape index (κ2) is 50.0. The van der Waals surface area contributed by atoms with E-state index in [1.54, 1.807) is 0 Å². The number of hydrogen-bond acceptors (Lipinski definition) is 6. The molecule has 0 spiro atoms. The molecule has 0 bridgehead atoms. The molecule has 0 aromatic rings. The minimum atomic E-state index is -0.836. The van der Waals surface area contributed by atoms with Crippen molar-refractivity contribution in [1.29, 1.82) is 0 Å². The molecule has 0 fully saturated rings. The lowest BCUT2D eigenvalue weighted by Gasteiger charge is -2.18. The van der Waals surface area contributed by atoms with Crippen molar-refractivity contribution in [1.82, 2.24) is 0 Å². The van der Waals surface area contributed by atoms with Crippen LogP contribution in [0.3, 0.4) is 0 Å². The van der Waals surface area contributed by atoms with Crippen LogP contribution in [0.2, 0.25) is 0 Å². The molecule has 0 aliphatic rings. The lowest BCUT2D eigenvalue weighted by Crippen LogP contribution is -2.30. The maximum absolute atomic E-state index is 12.7. The Morgan fingerprint density at radius 1 is 0.339 bits per heavy atom. The molecular weight excluding hydrogens is 769 g/mol. The van der Waals surface area contributed by atoms with E-state index in [1.807, 2.05) is 18.2 Å². The van der Waals surface area contributed by atoms with Crippen molar-refractivity contribution in [3.05, 3.63) is 97.2 Å². The molecule has 0 aromatic heterocycles. The first-order chi connectivity index (χ1) is 30.5. The van der Waals surface area contributed by atoms with Gasteiger partial charge in [0, 0.05) is 19.3 Å². The molecule has 6 heteroatoms. The van der Waals surface area contributed by atoms with Crippen LogP contribution in [0.15, 0.2) is 97.2 Å². The Morgan fingerprint density at radius 3 is 1.08 bits per heavy atom. The van der Waals surface area contributed by atoms with Gasteiger partial charge in [0.15, 0.2) is 6.10 Å². The lowest BCUT2D eigenvalue weighted by atomic mass is 10.0. The van der Waals surface area contributed by atoms with E-state index >= 15 is 0 Å². The lowest BCUT2D eigenvalue weighted by molar-refractivity contribution is -0.166. The molecule has 0 radical (unpaired) electrons. The quantitative estimate of drug-likeness (QED) is 0.0263. The fourth-order valence-corrected chi connectivity index (χ4v) is 6.58. The van der Waals surface area contributed by atoms with Gasteiger partial charge in [-0.2, -0.15) is 0 Å². The van der Waals surface area contributed by atoms with Gasteiger partial charge in [0.25, 0.3) is 0 Å². The Hall–Kier alpha value is -3.67. The molecule has 352 valence electrons. The highest BCUT2D eigenvalue weighted by Crippen LogP contribution is 2.13. The second-order valence-electron chi connectivity index (χ2n) is 16.3. The predicted octanol–water partition coefficient (Wildman–Crippen LogP) is 16.6. The normalized spacial score (nSPS) is 12.9. The SMILES string of the molecule is CC/C=C\C/C=C\C/C=C\C/C=C\C/C=C\C/C=C\CCC(=O)OCC(COC(=O)CCCCCCCCCCCCCC)OC(=O)CC/C=C\C/C=C\CCCCCCCC. The van der Waals surface area contributed by atoms with E-state index in [0.29, 0.717) is 19.3 Å². The summed E-state index contributed by atoms with van der Waals surface area (Å²) in [7, 11) is 0. The van der Waals surface area contributed by atoms with Crippen molar-refractivity contribution in [3.63, 3.8) is 0 Å². The first-order valence-corrected chi connectivity index (χ1v) is 25.2. The van der Waals surface area contributed by atoms with Gasteiger partial charge in [0.2, 0.25) is 0 Å². The Kier molecular flexibility index (Phi) is 47.0. The summed E-state index contributed by atoms with van der Waals surface area (Å²) in [5, 5.41) is 0. The Morgan fingerprint density at radius 2 is 0.661 bits per heavy atom. The number of carbonyl (C=O) groups excluding carboxylic acids is 3. The number of unbranched alkanes of at least 4 members (excludes halogenated alkanes) is 17. The van der Waals surface area contributed by atoms with Gasteiger partial charge < -0.3 is 14.2 Å². The maximum Gasteiger partial charge on any atom is 0.306 e. The van der Waals surface area contributed by atoms with Gasteiger partial charge in [-0.1, -0.05) is 221 Å². The zero-order chi connectivity index (χ0) is 45.1. The second-order valence-corrected chi connectivity index (χ2v) is 16.3. The van der Waals surface area contributed by atoms with Crippen LogP contribution >= 0.6 is 0 Å². The molecule has 0 aromatic carbocycles. The Labute approximate surface area is 381 Å². The molecule has 6 nitrogen and oxygen atoms in total. The molecule has 1 atom stereocenters. The fraction of sp³-hybridized carbons (Fsp3) is 0.661. The highest BCUT2D eigenvalue weighted by molar-refractivity contribution is 5.71. The van der Waals surface area contributed by atoms with Gasteiger partial charge in [-0.25, -0.2) is 0 Å². The maximum atomic E-state index is 12.7. The molecule has 0 aliphatic heterocycles. The monoisotopic (exact) mass is 861 g/mol. The molecule has 0 amide bonds. The highest BCUT2D eigenvalue weighted by atomic mass is 16.6. The van der Waals surface area contributed by atoms with E-state index in [1.165, 1.54) is 96.3 Å². The molecule has 0 rings (SSSR count). The van der Waals surface area contributed by atoms with Gasteiger partial charge in [-0.05, 0) is 77.0 Å². The van der Waals surface area contributed by atoms with E-state index in [4.69, 9.17) is 14.2 Å². The van der Waals surface area contributed by atoms with Crippen LogP contribution in [-0.4, -0.2) is 37.2 Å². The van der Waals surface area contributed by atoms with Crippen molar-refractivity contribution in [2.45, 2.75) is 226 Å². The fourth-order valence-electron chi connectivity index (χ4n) is 6.58. The molecule has 0 heterocycles. The molecule has 0 saturated carbocycles. The molecule has 62 heavy (non-hydrogen) atoms. The summed E-state index contributed by atoms with van der Waals surface area (Å²) in [4.78, 5) is 37.8. The van der Waals surface area contributed by atoms with Crippen LogP contribution in [0.1, 0.15) is 220 Å². The van der Waals surface area contributed by atoms with Crippen LogP contribution in [0, 0.1) is 0 Å². The summed E-state index contributed by atoms with van der Waals surface area (Å²) in [5.74, 6) is -1.08. The zero-order valence-electron chi connectivity index (χ0n) is 40.1. The van der Waals surface area contributed by atoms with Gasteiger partial charge in [-0.3, -0.25) is 14.4 Å². The van der Waals surface area contributed by atoms with Crippen LogP contribution in [0.4, 0.5) is 0 Å². The zero-order valence-corrected chi connectivity index (χ0v) is 40.1. The smallest absolute Gasteiger partial charge is 0.306 e. The summed E-state index contributed by atoms with van der Waals surface area (Å²) in [6.45, 7) is 6.38. The van der Waals surface area contributed by atoms with Crippen molar-refractivity contribution in [3.8, 4) is 0 Å². The summed E-state index contributed by atoms with van der Waals surface area (Å²) >= 11 is 0.